The van der Waals surface area contributed by atoms with E-state index in [4.69, 9.17) is 5.14 Å². The highest BCUT2D eigenvalue weighted by Gasteiger charge is 2.29. The number of anilines is 1. The summed E-state index contributed by atoms with van der Waals surface area (Å²) in [7, 11) is -3.64. The first-order chi connectivity index (χ1) is 10.4. The third kappa shape index (κ3) is 4.53. The normalized spacial score (nSPS) is 17.4. The van der Waals surface area contributed by atoms with Crippen molar-refractivity contribution in [3.8, 4) is 0 Å². The number of nitrogens with one attached hydrogen (secondary N) is 1. The van der Waals surface area contributed by atoms with Crippen molar-refractivity contribution in [2.75, 3.05) is 18.4 Å². The van der Waals surface area contributed by atoms with Gasteiger partial charge in [-0.25, -0.2) is 5.14 Å². The van der Waals surface area contributed by atoms with Gasteiger partial charge in [-0.05, 0) is 37.0 Å². The average molecular weight is 325 g/mol. The third-order valence-electron chi connectivity index (χ3n) is 3.94. The Hall–Kier alpha value is -1.44. The molecule has 3 N–H and O–H groups in total. The molecule has 0 bridgehead atoms. The molecular formula is C15H23N3O3S. The highest BCUT2D eigenvalue weighted by molar-refractivity contribution is 7.86. The standard InChI is InChI=1S/C15H23N3O3S/c1-2-3-12-4-6-14(7-5-12)17-15(19)13-8-10-18(11-9-13)22(16,20)21/h4-7,13H,2-3,8-11H2,1H3,(H,17,19)(H2,16,20,21). The van der Waals surface area contributed by atoms with Gasteiger partial charge in [0, 0.05) is 24.7 Å². The molecule has 0 aliphatic carbocycles. The highest BCUT2D eigenvalue weighted by Crippen LogP contribution is 2.21. The molecule has 1 aliphatic heterocycles. The molecule has 1 aromatic carbocycles. The van der Waals surface area contributed by atoms with Crippen LogP contribution in [0.15, 0.2) is 24.3 Å². The van der Waals surface area contributed by atoms with E-state index in [-0.39, 0.29) is 11.8 Å². The van der Waals surface area contributed by atoms with Crippen molar-refractivity contribution >= 4 is 21.8 Å². The number of nitrogens with two attached hydrogens (primary N) is 1. The fourth-order valence-corrected chi connectivity index (χ4v) is 3.38. The van der Waals surface area contributed by atoms with Crippen molar-refractivity contribution in [3.63, 3.8) is 0 Å². The number of benzene rings is 1. The van der Waals surface area contributed by atoms with Crippen LogP contribution in [0.2, 0.25) is 0 Å². The summed E-state index contributed by atoms with van der Waals surface area (Å²) in [4.78, 5) is 12.2. The molecule has 2 rings (SSSR count). The van der Waals surface area contributed by atoms with Gasteiger partial charge in [-0.3, -0.25) is 4.79 Å². The summed E-state index contributed by atoms with van der Waals surface area (Å²) in [5.41, 5.74) is 2.03. The van der Waals surface area contributed by atoms with Crippen LogP contribution in [-0.2, 0) is 21.4 Å². The molecule has 1 aliphatic rings. The molecule has 6 nitrogen and oxygen atoms in total. The van der Waals surface area contributed by atoms with Crippen LogP contribution in [0.5, 0.6) is 0 Å². The fraction of sp³-hybridized carbons (Fsp3) is 0.533. The molecule has 0 radical (unpaired) electrons. The molecule has 1 fully saturated rings. The van der Waals surface area contributed by atoms with Crippen molar-refractivity contribution in [1.29, 1.82) is 0 Å². The molecule has 0 atom stereocenters. The van der Waals surface area contributed by atoms with Gasteiger partial charge in [0.25, 0.3) is 10.2 Å². The predicted octanol–water partition coefficient (Wildman–Crippen LogP) is 1.49. The zero-order valence-corrected chi connectivity index (χ0v) is 13.6. The molecule has 0 spiro atoms. The lowest BCUT2D eigenvalue weighted by molar-refractivity contribution is -0.120. The number of carbonyl (C=O) groups is 1. The minimum absolute atomic E-state index is 0.0580. The van der Waals surface area contributed by atoms with E-state index in [9.17, 15) is 13.2 Å². The van der Waals surface area contributed by atoms with Gasteiger partial charge in [0.15, 0.2) is 0 Å². The molecular weight excluding hydrogens is 302 g/mol. The number of carbonyl (C=O) groups excluding carboxylic acids is 1. The van der Waals surface area contributed by atoms with E-state index in [0.29, 0.717) is 25.9 Å². The topological polar surface area (TPSA) is 92.5 Å². The van der Waals surface area contributed by atoms with Crippen molar-refractivity contribution in [2.24, 2.45) is 11.1 Å². The van der Waals surface area contributed by atoms with E-state index in [2.05, 4.69) is 12.2 Å². The summed E-state index contributed by atoms with van der Waals surface area (Å²) >= 11 is 0. The van der Waals surface area contributed by atoms with Gasteiger partial charge in [0.1, 0.15) is 0 Å². The van der Waals surface area contributed by atoms with E-state index in [1.165, 1.54) is 9.87 Å². The first-order valence-electron chi connectivity index (χ1n) is 7.58. The summed E-state index contributed by atoms with van der Waals surface area (Å²) in [6, 6.07) is 7.84. The quantitative estimate of drug-likeness (QED) is 0.859. The second-order valence-corrected chi connectivity index (χ2v) is 7.20. The molecule has 0 unspecified atom stereocenters. The molecule has 1 amide bonds. The van der Waals surface area contributed by atoms with E-state index in [1.807, 2.05) is 24.3 Å². The van der Waals surface area contributed by atoms with E-state index >= 15 is 0 Å². The van der Waals surface area contributed by atoms with E-state index < -0.39 is 10.2 Å². The predicted molar refractivity (Wildman–Crippen MR) is 86.5 cm³/mol. The second-order valence-electron chi connectivity index (χ2n) is 5.65. The Morgan fingerprint density at radius 2 is 1.86 bits per heavy atom. The van der Waals surface area contributed by atoms with Crippen LogP contribution in [0, 0.1) is 5.92 Å². The van der Waals surface area contributed by atoms with Gasteiger partial charge >= 0.3 is 0 Å². The Kier molecular flexibility index (Phi) is 5.55. The van der Waals surface area contributed by atoms with Gasteiger partial charge in [-0.2, -0.15) is 12.7 Å². The maximum atomic E-state index is 12.2. The maximum Gasteiger partial charge on any atom is 0.276 e. The largest absolute Gasteiger partial charge is 0.326 e. The van der Waals surface area contributed by atoms with Gasteiger partial charge < -0.3 is 5.32 Å². The Bertz CT molecular complexity index is 605. The minimum Gasteiger partial charge on any atom is -0.326 e. The Morgan fingerprint density at radius 1 is 1.27 bits per heavy atom. The lowest BCUT2D eigenvalue weighted by Crippen LogP contribution is -2.44. The molecule has 1 saturated heterocycles. The second kappa shape index (κ2) is 7.21. The van der Waals surface area contributed by atoms with Crippen LogP contribution < -0.4 is 10.5 Å². The van der Waals surface area contributed by atoms with Crippen LogP contribution >= 0.6 is 0 Å². The number of hydrogen-bond acceptors (Lipinski definition) is 3. The van der Waals surface area contributed by atoms with Crippen molar-refractivity contribution in [3.05, 3.63) is 29.8 Å². The first kappa shape index (κ1) is 16.9. The summed E-state index contributed by atoms with van der Waals surface area (Å²) in [6.07, 6.45) is 3.11. The van der Waals surface area contributed by atoms with Crippen molar-refractivity contribution in [2.45, 2.75) is 32.6 Å². The zero-order valence-electron chi connectivity index (χ0n) is 12.8. The van der Waals surface area contributed by atoms with Gasteiger partial charge in [0.05, 0.1) is 0 Å². The Morgan fingerprint density at radius 3 is 2.36 bits per heavy atom. The van der Waals surface area contributed by atoms with Crippen LogP contribution in [0.4, 0.5) is 5.69 Å². The third-order valence-corrected chi connectivity index (χ3v) is 5.03. The number of piperidine rings is 1. The monoisotopic (exact) mass is 325 g/mol. The Balaban J connectivity index is 1.88. The molecule has 0 aromatic heterocycles. The molecule has 122 valence electrons. The number of aryl methyl sites for hydroxylation is 1. The SMILES string of the molecule is CCCc1ccc(NC(=O)C2CCN(S(N)(=O)=O)CC2)cc1. The van der Waals surface area contributed by atoms with E-state index in [1.54, 1.807) is 0 Å². The summed E-state index contributed by atoms with van der Waals surface area (Å²) < 4.78 is 23.7. The molecule has 1 aromatic rings. The van der Waals surface area contributed by atoms with Crippen LogP contribution in [0.1, 0.15) is 31.7 Å². The van der Waals surface area contributed by atoms with Crippen molar-refractivity contribution in [1.82, 2.24) is 4.31 Å². The minimum atomic E-state index is -3.64. The van der Waals surface area contributed by atoms with Gasteiger partial charge in [-0.1, -0.05) is 25.5 Å². The average Bonchev–Trinajstić information content (AvgIpc) is 2.49. The number of nitrogens with zero attached hydrogens (tertiary/aromatic N) is 1. The van der Waals surface area contributed by atoms with Gasteiger partial charge in [0.2, 0.25) is 5.91 Å². The Labute approximate surface area is 131 Å². The van der Waals surface area contributed by atoms with Gasteiger partial charge in [-0.15, -0.1) is 0 Å². The van der Waals surface area contributed by atoms with Crippen LogP contribution in [0.25, 0.3) is 0 Å². The van der Waals surface area contributed by atoms with E-state index in [0.717, 1.165) is 18.5 Å². The first-order valence-corrected chi connectivity index (χ1v) is 9.08. The molecule has 1 heterocycles. The van der Waals surface area contributed by atoms with Crippen LogP contribution in [-0.4, -0.2) is 31.7 Å². The highest BCUT2D eigenvalue weighted by atomic mass is 32.2. The molecule has 7 heteroatoms. The zero-order chi connectivity index (χ0) is 16.2. The fourth-order valence-electron chi connectivity index (χ4n) is 2.66. The van der Waals surface area contributed by atoms with Crippen LogP contribution in [0.3, 0.4) is 0 Å². The number of hydrogen-bond donors (Lipinski definition) is 2. The number of amides is 1. The summed E-state index contributed by atoms with van der Waals surface area (Å²) in [5, 5.41) is 7.99. The maximum absolute atomic E-state index is 12.2. The molecule has 22 heavy (non-hydrogen) atoms. The smallest absolute Gasteiger partial charge is 0.276 e. The number of rotatable bonds is 5. The van der Waals surface area contributed by atoms with Crippen molar-refractivity contribution < 1.29 is 13.2 Å². The molecule has 0 saturated carbocycles. The lowest BCUT2D eigenvalue weighted by Gasteiger charge is -2.29. The summed E-state index contributed by atoms with van der Waals surface area (Å²) in [6.45, 7) is 2.72. The lowest BCUT2D eigenvalue weighted by atomic mass is 9.97. The summed E-state index contributed by atoms with van der Waals surface area (Å²) in [5.74, 6) is -0.231.